The van der Waals surface area contributed by atoms with Crippen LogP contribution in [0.3, 0.4) is 0 Å². The van der Waals surface area contributed by atoms with Crippen molar-refractivity contribution in [3.63, 3.8) is 0 Å². The maximum atomic E-state index is 12.5. The zero-order valence-corrected chi connectivity index (χ0v) is 16.3. The number of hydrogen-bond acceptors (Lipinski definition) is 6. The summed E-state index contributed by atoms with van der Waals surface area (Å²) in [7, 11) is 3.59. The number of halogens is 3. The number of thiazole rings is 1. The molecular formula is C19H17F3N4O2S. The lowest BCUT2D eigenvalue weighted by Gasteiger charge is -2.14. The number of carbonyl (C=O) groups excluding carboxylic acids is 1. The molecule has 0 radical (unpaired) electrons. The van der Waals surface area contributed by atoms with Gasteiger partial charge in [0.2, 0.25) is 0 Å². The Morgan fingerprint density at radius 3 is 2.55 bits per heavy atom. The molecule has 1 amide bonds. The Balaban J connectivity index is 1.65. The van der Waals surface area contributed by atoms with Gasteiger partial charge in [-0.2, -0.15) is 0 Å². The quantitative estimate of drug-likeness (QED) is 0.640. The van der Waals surface area contributed by atoms with Crippen LogP contribution in [0.2, 0.25) is 0 Å². The number of carbonyl (C=O) groups is 1. The second kappa shape index (κ2) is 8.48. The molecule has 0 aliphatic rings. The van der Waals surface area contributed by atoms with E-state index in [4.69, 9.17) is 0 Å². The fraction of sp³-hybridized carbons (Fsp3) is 0.211. The second-order valence-electron chi connectivity index (χ2n) is 6.22. The summed E-state index contributed by atoms with van der Waals surface area (Å²) in [4.78, 5) is 23.5. The van der Waals surface area contributed by atoms with Gasteiger partial charge < -0.3 is 9.64 Å². The molecule has 0 fully saturated rings. The lowest BCUT2D eigenvalue weighted by atomic mass is 10.1. The third-order valence-electron chi connectivity index (χ3n) is 3.76. The molecule has 0 spiro atoms. The lowest BCUT2D eigenvalue weighted by Crippen LogP contribution is -2.19. The number of alkyl halides is 3. The summed E-state index contributed by atoms with van der Waals surface area (Å²) in [6, 6.07) is 8.99. The van der Waals surface area contributed by atoms with E-state index in [2.05, 4.69) is 20.0 Å². The number of rotatable bonds is 6. The number of anilines is 2. The van der Waals surface area contributed by atoms with Crippen LogP contribution in [0, 0.1) is 0 Å². The largest absolute Gasteiger partial charge is 0.573 e. The average molecular weight is 422 g/mol. The SMILES string of the molecule is CN(C)c1ncccc1C(=O)Nc1ncc(Cc2ccc(OC(F)(F)F)cc2)s1. The van der Waals surface area contributed by atoms with E-state index >= 15 is 0 Å². The van der Waals surface area contributed by atoms with E-state index in [1.165, 1.54) is 23.5 Å². The van der Waals surface area contributed by atoms with Gasteiger partial charge in [-0.05, 0) is 29.8 Å². The average Bonchev–Trinajstić information content (AvgIpc) is 3.09. The highest BCUT2D eigenvalue weighted by Crippen LogP contribution is 2.26. The zero-order chi connectivity index (χ0) is 21.0. The third-order valence-corrected chi connectivity index (χ3v) is 4.68. The van der Waals surface area contributed by atoms with Gasteiger partial charge in [-0.15, -0.1) is 24.5 Å². The Morgan fingerprint density at radius 2 is 1.90 bits per heavy atom. The summed E-state index contributed by atoms with van der Waals surface area (Å²) < 4.78 is 40.5. The van der Waals surface area contributed by atoms with Gasteiger partial charge in [-0.25, -0.2) is 9.97 Å². The van der Waals surface area contributed by atoms with Crippen molar-refractivity contribution in [2.24, 2.45) is 0 Å². The van der Waals surface area contributed by atoms with Gasteiger partial charge in [0, 0.05) is 37.8 Å². The number of ether oxygens (including phenoxy) is 1. The first kappa shape index (κ1) is 20.6. The standard InChI is InChI=1S/C19H17F3N4O2S/c1-26(2)16-15(4-3-9-23-16)17(27)25-18-24-11-14(29-18)10-12-5-7-13(8-6-12)28-19(20,21)22/h3-9,11H,10H2,1-2H3,(H,24,25,27). The van der Waals surface area contributed by atoms with E-state index in [0.29, 0.717) is 22.9 Å². The van der Waals surface area contributed by atoms with E-state index in [-0.39, 0.29) is 11.7 Å². The number of nitrogens with one attached hydrogen (secondary N) is 1. The molecule has 0 aliphatic heterocycles. The lowest BCUT2D eigenvalue weighted by molar-refractivity contribution is -0.274. The molecule has 2 heterocycles. The molecule has 0 saturated carbocycles. The Labute approximate surface area is 169 Å². The highest BCUT2D eigenvalue weighted by molar-refractivity contribution is 7.15. The van der Waals surface area contributed by atoms with Crippen molar-refractivity contribution >= 4 is 28.2 Å². The molecule has 3 rings (SSSR count). The van der Waals surface area contributed by atoms with E-state index in [1.807, 2.05) is 0 Å². The number of hydrogen-bond donors (Lipinski definition) is 1. The van der Waals surface area contributed by atoms with Crippen molar-refractivity contribution in [2.75, 3.05) is 24.3 Å². The fourth-order valence-electron chi connectivity index (χ4n) is 2.55. The topological polar surface area (TPSA) is 67.4 Å². The molecule has 2 aromatic heterocycles. The van der Waals surface area contributed by atoms with Crippen LogP contribution >= 0.6 is 11.3 Å². The Kier molecular flexibility index (Phi) is 6.02. The van der Waals surface area contributed by atoms with Gasteiger partial charge in [0.05, 0.1) is 5.56 Å². The number of nitrogens with zero attached hydrogens (tertiary/aromatic N) is 3. The number of pyridine rings is 1. The van der Waals surface area contributed by atoms with Crippen LogP contribution in [-0.2, 0) is 6.42 Å². The van der Waals surface area contributed by atoms with Crippen LogP contribution in [0.25, 0.3) is 0 Å². The zero-order valence-electron chi connectivity index (χ0n) is 15.5. The van der Waals surface area contributed by atoms with E-state index in [0.717, 1.165) is 10.4 Å². The van der Waals surface area contributed by atoms with Gasteiger partial charge in [-0.3, -0.25) is 10.1 Å². The van der Waals surface area contributed by atoms with Crippen LogP contribution in [-0.4, -0.2) is 36.3 Å². The molecule has 29 heavy (non-hydrogen) atoms. The predicted molar refractivity (Wildman–Crippen MR) is 105 cm³/mol. The molecule has 1 N–H and O–H groups in total. The fourth-order valence-corrected chi connectivity index (χ4v) is 3.39. The van der Waals surface area contributed by atoms with Crippen molar-refractivity contribution in [2.45, 2.75) is 12.8 Å². The van der Waals surface area contributed by atoms with E-state index in [1.54, 1.807) is 55.7 Å². The first-order valence-corrected chi connectivity index (χ1v) is 9.26. The highest BCUT2D eigenvalue weighted by atomic mass is 32.1. The predicted octanol–water partition coefficient (Wildman–Crippen LogP) is 4.35. The maximum Gasteiger partial charge on any atom is 0.573 e. The molecule has 1 aromatic carbocycles. The summed E-state index contributed by atoms with van der Waals surface area (Å²) in [5, 5.41) is 3.18. The first-order chi connectivity index (χ1) is 13.7. The Bertz CT molecular complexity index is 988. The second-order valence-corrected chi connectivity index (χ2v) is 7.34. The van der Waals surface area contributed by atoms with Crippen LogP contribution in [0.15, 0.2) is 48.8 Å². The minimum Gasteiger partial charge on any atom is -0.406 e. The van der Waals surface area contributed by atoms with Crippen LogP contribution < -0.4 is 15.0 Å². The number of aromatic nitrogens is 2. The minimum atomic E-state index is -4.72. The van der Waals surface area contributed by atoms with Crippen molar-refractivity contribution in [3.05, 3.63) is 64.8 Å². The molecule has 0 atom stereocenters. The summed E-state index contributed by atoms with van der Waals surface area (Å²) >= 11 is 1.29. The van der Waals surface area contributed by atoms with Gasteiger partial charge in [-0.1, -0.05) is 12.1 Å². The molecule has 152 valence electrons. The summed E-state index contributed by atoms with van der Waals surface area (Å²) in [6.45, 7) is 0. The number of benzene rings is 1. The maximum absolute atomic E-state index is 12.5. The van der Waals surface area contributed by atoms with Gasteiger partial charge in [0.1, 0.15) is 11.6 Å². The van der Waals surface area contributed by atoms with Crippen molar-refractivity contribution < 1.29 is 22.7 Å². The summed E-state index contributed by atoms with van der Waals surface area (Å²) in [5.74, 6) is -0.0500. The molecule has 0 saturated heterocycles. The van der Waals surface area contributed by atoms with Crippen molar-refractivity contribution in [1.82, 2.24) is 9.97 Å². The highest BCUT2D eigenvalue weighted by Gasteiger charge is 2.30. The minimum absolute atomic E-state index is 0.272. The normalized spacial score (nSPS) is 11.2. The smallest absolute Gasteiger partial charge is 0.406 e. The van der Waals surface area contributed by atoms with Crippen molar-refractivity contribution in [1.29, 1.82) is 0 Å². The molecular weight excluding hydrogens is 405 g/mol. The number of amides is 1. The Morgan fingerprint density at radius 1 is 1.17 bits per heavy atom. The van der Waals surface area contributed by atoms with E-state index in [9.17, 15) is 18.0 Å². The van der Waals surface area contributed by atoms with Gasteiger partial charge in [0.15, 0.2) is 5.13 Å². The third kappa shape index (κ3) is 5.67. The molecule has 3 aromatic rings. The molecule has 10 heteroatoms. The Hall–Kier alpha value is -3.14. The first-order valence-electron chi connectivity index (χ1n) is 8.44. The van der Waals surface area contributed by atoms with Crippen LogP contribution in [0.4, 0.5) is 24.1 Å². The van der Waals surface area contributed by atoms with Gasteiger partial charge >= 0.3 is 6.36 Å². The van der Waals surface area contributed by atoms with Crippen LogP contribution in [0.1, 0.15) is 20.8 Å². The van der Waals surface area contributed by atoms with E-state index < -0.39 is 6.36 Å². The van der Waals surface area contributed by atoms with Gasteiger partial charge in [0.25, 0.3) is 5.91 Å². The molecule has 0 aliphatic carbocycles. The molecule has 0 unspecified atom stereocenters. The molecule has 6 nitrogen and oxygen atoms in total. The van der Waals surface area contributed by atoms with Crippen LogP contribution in [0.5, 0.6) is 5.75 Å². The summed E-state index contributed by atoms with van der Waals surface area (Å²) in [6.07, 6.45) is -1.02. The summed E-state index contributed by atoms with van der Waals surface area (Å²) in [5.41, 5.74) is 1.22. The van der Waals surface area contributed by atoms with Crippen molar-refractivity contribution in [3.8, 4) is 5.75 Å². The molecule has 0 bridgehead atoms. The monoisotopic (exact) mass is 422 g/mol.